The van der Waals surface area contributed by atoms with Gasteiger partial charge in [0.2, 0.25) is 5.91 Å². The van der Waals surface area contributed by atoms with E-state index in [0.717, 1.165) is 26.1 Å². The highest BCUT2D eigenvalue weighted by atomic mass is 16.2. The molecule has 0 spiro atoms. The zero-order valence-corrected chi connectivity index (χ0v) is 11.2. The molecule has 1 N–H and O–H groups in total. The number of rotatable bonds is 2. The van der Waals surface area contributed by atoms with Crippen molar-refractivity contribution < 1.29 is 4.79 Å². The lowest BCUT2D eigenvalue weighted by molar-refractivity contribution is -0.131. The summed E-state index contributed by atoms with van der Waals surface area (Å²) >= 11 is 0. The van der Waals surface area contributed by atoms with E-state index in [1.165, 1.54) is 9.08 Å². The minimum atomic E-state index is -0.276. The Hall–Kier alpha value is -2.15. The van der Waals surface area contributed by atoms with Gasteiger partial charge >= 0.3 is 5.69 Å². The molecule has 1 fully saturated rings. The van der Waals surface area contributed by atoms with Crippen LogP contribution in [0.1, 0.15) is 6.42 Å². The van der Waals surface area contributed by atoms with E-state index in [1.807, 2.05) is 6.07 Å². The minimum Gasteiger partial charge on any atom is -0.340 e. The van der Waals surface area contributed by atoms with Gasteiger partial charge in [-0.1, -0.05) is 6.07 Å². The topological polar surface area (TPSA) is 71.6 Å². The van der Waals surface area contributed by atoms with Gasteiger partial charge in [0.1, 0.15) is 6.54 Å². The Morgan fingerprint density at radius 3 is 3.05 bits per heavy atom. The highest BCUT2D eigenvalue weighted by Crippen LogP contribution is 1.99. The van der Waals surface area contributed by atoms with Crippen molar-refractivity contribution in [2.24, 2.45) is 0 Å². The van der Waals surface area contributed by atoms with Crippen molar-refractivity contribution in [1.82, 2.24) is 24.4 Å². The van der Waals surface area contributed by atoms with Crippen molar-refractivity contribution in [3.63, 3.8) is 0 Å². The second-order valence-electron chi connectivity index (χ2n) is 4.85. The first-order chi connectivity index (χ1) is 9.75. The summed E-state index contributed by atoms with van der Waals surface area (Å²) in [6, 6.07) is 5.33. The van der Waals surface area contributed by atoms with E-state index in [9.17, 15) is 9.59 Å². The van der Waals surface area contributed by atoms with Gasteiger partial charge in [0, 0.05) is 25.8 Å². The molecule has 20 heavy (non-hydrogen) atoms. The fraction of sp³-hybridized carbons (Fsp3) is 0.462. The highest BCUT2D eigenvalue weighted by Gasteiger charge is 2.17. The van der Waals surface area contributed by atoms with Crippen molar-refractivity contribution >= 4 is 11.6 Å². The number of hydrogen-bond donors (Lipinski definition) is 1. The number of aromatic nitrogens is 3. The summed E-state index contributed by atoms with van der Waals surface area (Å²) < 4.78 is 2.67. The van der Waals surface area contributed by atoms with E-state index in [0.29, 0.717) is 12.2 Å². The summed E-state index contributed by atoms with van der Waals surface area (Å²) in [6.45, 7) is 3.14. The maximum Gasteiger partial charge on any atom is 0.350 e. The van der Waals surface area contributed by atoms with Crippen LogP contribution in [0.5, 0.6) is 0 Å². The van der Waals surface area contributed by atoms with Crippen LogP contribution in [0.15, 0.2) is 29.2 Å². The minimum absolute atomic E-state index is 0.000509. The molecule has 7 nitrogen and oxygen atoms in total. The predicted octanol–water partition coefficient (Wildman–Crippen LogP) is -0.682. The molecule has 0 aromatic carbocycles. The lowest BCUT2D eigenvalue weighted by Crippen LogP contribution is -2.38. The van der Waals surface area contributed by atoms with Crippen LogP contribution < -0.4 is 11.0 Å². The van der Waals surface area contributed by atoms with Crippen molar-refractivity contribution in [1.29, 1.82) is 0 Å². The summed E-state index contributed by atoms with van der Waals surface area (Å²) in [6.07, 6.45) is 2.59. The molecule has 1 amide bonds. The van der Waals surface area contributed by atoms with Crippen LogP contribution in [0.2, 0.25) is 0 Å². The molecule has 2 aromatic rings. The molecule has 0 saturated carbocycles. The Kier molecular flexibility index (Phi) is 3.51. The van der Waals surface area contributed by atoms with Crippen molar-refractivity contribution in [2.45, 2.75) is 13.0 Å². The average Bonchev–Trinajstić information content (AvgIpc) is 2.67. The first kappa shape index (κ1) is 12.9. The largest absolute Gasteiger partial charge is 0.350 e. The molecule has 0 aliphatic carbocycles. The van der Waals surface area contributed by atoms with E-state index < -0.39 is 0 Å². The van der Waals surface area contributed by atoms with Crippen LogP contribution in [-0.2, 0) is 11.3 Å². The van der Waals surface area contributed by atoms with E-state index in [4.69, 9.17) is 0 Å². The molecule has 0 bridgehead atoms. The van der Waals surface area contributed by atoms with Crippen LogP contribution in [0.3, 0.4) is 0 Å². The summed E-state index contributed by atoms with van der Waals surface area (Å²) in [5.74, 6) is -0.0563. The number of fused-ring (bicyclic) bond motifs is 1. The number of amides is 1. The third-order valence-electron chi connectivity index (χ3n) is 3.47. The molecule has 1 aliphatic heterocycles. The average molecular weight is 275 g/mol. The summed E-state index contributed by atoms with van der Waals surface area (Å²) in [7, 11) is 0. The number of carbonyl (C=O) groups is 1. The monoisotopic (exact) mass is 275 g/mol. The molecule has 3 heterocycles. The number of nitrogens with zero attached hydrogens (tertiary/aromatic N) is 4. The second kappa shape index (κ2) is 5.46. The third-order valence-corrected chi connectivity index (χ3v) is 3.47. The van der Waals surface area contributed by atoms with Gasteiger partial charge in [-0.05, 0) is 25.1 Å². The zero-order valence-electron chi connectivity index (χ0n) is 11.2. The molecular weight excluding hydrogens is 258 g/mol. The highest BCUT2D eigenvalue weighted by molar-refractivity contribution is 5.76. The van der Waals surface area contributed by atoms with E-state index in [1.54, 1.807) is 23.2 Å². The van der Waals surface area contributed by atoms with Crippen LogP contribution in [-0.4, -0.2) is 51.2 Å². The molecule has 7 heteroatoms. The summed E-state index contributed by atoms with van der Waals surface area (Å²) in [4.78, 5) is 26.1. The number of pyridine rings is 1. The van der Waals surface area contributed by atoms with Crippen molar-refractivity contribution in [2.75, 3.05) is 26.2 Å². The zero-order chi connectivity index (χ0) is 13.9. The van der Waals surface area contributed by atoms with Crippen LogP contribution >= 0.6 is 0 Å². The van der Waals surface area contributed by atoms with Gasteiger partial charge in [0.25, 0.3) is 0 Å². The van der Waals surface area contributed by atoms with Gasteiger partial charge < -0.3 is 10.2 Å². The van der Waals surface area contributed by atoms with Crippen molar-refractivity contribution in [3.05, 3.63) is 34.9 Å². The Morgan fingerprint density at radius 2 is 2.20 bits per heavy atom. The second-order valence-corrected chi connectivity index (χ2v) is 4.85. The van der Waals surface area contributed by atoms with E-state index in [-0.39, 0.29) is 18.1 Å². The van der Waals surface area contributed by atoms with Gasteiger partial charge in [0.05, 0.1) is 0 Å². The third kappa shape index (κ3) is 2.44. The van der Waals surface area contributed by atoms with Crippen LogP contribution in [0, 0.1) is 0 Å². The summed E-state index contributed by atoms with van der Waals surface area (Å²) in [5, 5.41) is 7.42. The normalized spacial score (nSPS) is 16.3. The smallest absolute Gasteiger partial charge is 0.340 e. The quantitative estimate of drug-likeness (QED) is 0.788. The molecule has 1 saturated heterocycles. The number of hydrogen-bond acceptors (Lipinski definition) is 4. The maximum absolute atomic E-state index is 12.2. The van der Waals surface area contributed by atoms with Crippen LogP contribution in [0.4, 0.5) is 0 Å². The van der Waals surface area contributed by atoms with Crippen LogP contribution in [0.25, 0.3) is 5.65 Å². The predicted molar refractivity (Wildman–Crippen MR) is 73.5 cm³/mol. The summed E-state index contributed by atoms with van der Waals surface area (Å²) in [5.41, 5.74) is 0.282. The lowest BCUT2D eigenvalue weighted by atomic mass is 10.4. The van der Waals surface area contributed by atoms with Gasteiger partial charge in [-0.25, -0.2) is 9.48 Å². The lowest BCUT2D eigenvalue weighted by Gasteiger charge is -2.19. The SMILES string of the molecule is O=C(Cn1nc2ccccn2c1=O)N1CCCNCC1. The molecule has 106 valence electrons. The maximum atomic E-state index is 12.2. The molecule has 0 unspecified atom stereocenters. The first-order valence-electron chi connectivity index (χ1n) is 6.78. The number of nitrogens with one attached hydrogen (secondary N) is 1. The molecular formula is C13H17N5O2. The van der Waals surface area contributed by atoms with Gasteiger partial charge in [-0.3, -0.25) is 9.20 Å². The fourth-order valence-corrected chi connectivity index (χ4v) is 2.39. The molecule has 2 aromatic heterocycles. The fourth-order valence-electron chi connectivity index (χ4n) is 2.39. The Balaban J connectivity index is 1.80. The standard InChI is InChI=1S/C13H17N5O2/c19-12(16-7-3-5-14-6-9-16)10-18-13(20)17-8-2-1-4-11(17)15-18/h1-2,4,8,14H,3,5-7,9-10H2. The van der Waals surface area contributed by atoms with Gasteiger partial charge in [-0.2, -0.15) is 0 Å². The Bertz CT molecular complexity index is 667. The van der Waals surface area contributed by atoms with Gasteiger partial charge in [0.15, 0.2) is 5.65 Å². The molecule has 0 radical (unpaired) electrons. The van der Waals surface area contributed by atoms with Gasteiger partial charge in [-0.15, -0.1) is 5.10 Å². The number of carbonyl (C=O) groups excluding carboxylic acids is 1. The first-order valence-corrected chi connectivity index (χ1v) is 6.78. The molecule has 3 rings (SSSR count). The molecule has 0 atom stereocenters. The molecule has 1 aliphatic rings. The van der Waals surface area contributed by atoms with Crippen molar-refractivity contribution in [3.8, 4) is 0 Å². The van der Waals surface area contributed by atoms with E-state index >= 15 is 0 Å². The Morgan fingerprint density at radius 1 is 1.30 bits per heavy atom. The Labute approximate surface area is 115 Å². The van der Waals surface area contributed by atoms with E-state index in [2.05, 4.69) is 10.4 Å².